The summed E-state index contributed by atoms with van der Waals surface area (Å²) >= 11 is 8.80. The molecule has 0 saturated heterocycles. The number of benzene rings is 1. The Morgan fingerprint density at radius 3 is 2.59 bits per heavy atom. The summed E-state index contributed by atoms with van der Waals surface area (Å²) in [7, 11) is 0. The van der Waals surface area contributed by atoms with Gasteiger partial charge in [-0.3, -0.25) is 0 Å². The van der Waals surface area contributed by atoms with Gasteiger partial charge in [0, 0.05) is 26.8 Å². The molecule has 17 heavy (non-hydrogen) atoms. The summed E-state index contributed by atoms with van der Waals surface area (Å²) in [6.45, 7) is 2.96. The van der Waals surface area contributed by atoms with Gasteiger partial charge < -0.3 is 5.32 Å². The van der Waals surface area contributed by atoms with E-state index in [1.54, 1.807) is 11.3 Å². The van der Waals surface area contributed by atoms with Gasteiger partial charge in [-0.05, 0) is 50.9 Å². The summed E-state index contributed by atoms with van der Waals surface area (Å²) in [6.07, 6.45) is 1.00. The molecule has 0 saturated carbocycles. The molecule has 1 aromatic heterocycles. The average molecular weight is 376 g/mol. The van der Waals surface area contributed by atoms with Crippen molar-refractivity contribution in [1.29, 1.82) is 0 Å². The molecule has 90 valence electrons. The number of aryl methyl sites for hydroxylation is 1. The largest absolute Gasteiger partial charge is 0.383 e. The summed E-state index contributed by atoms with van der Waals surface area (Å²) in [4.78, 5) is 5.60. The van der Waals surface area contributed by atoms with Crippen molar-refractivity contribution >= 4 is 48.9 Å². The van der Waals surface area contributed by atoms with Gasteiger partial charge in [0.15, 0.2) is 0 Å². The third-order valence-corrected chi connectivity index (χ3v) is 4.78. The van der Waals surface area contributed by atoms with E-state index >= 15 is 0 Å². The van der Waals surface area contributed by atoms with Crippen LogP contribution in [0.2, 0.25) is 0 Å². The van der Waals surface area contributed by atoms with Gasteiger partial charge >= 0.3 is 0 Å². The molecule has 5 heteroatoms. The van der Waals surface area contributed by atoms with Crippen molar-refractivity contribution in [3.05, 3.63) is 43.2 Å². The molecule has 0 atom stereocenters. The summed E-state index contributed by atoms with van der Waals surface area (Å²) in [6, 6.07) is 6.07. The van der Waals surface area contributed by atoms with Crippen molar-refractivity contribution in [2.75, 3.05) is 11.9 Å². The Morgan fingerprint density at radius 1 is 1.29 bits per heavy atom. The standard InChI is InChI=1S/C12H12Br2N2S/c1-8-11(17-7-16-8)5-6-15-12-9(13)3-2-4-10(12)14/h2-4,7,15H,5-6H2,1H3. The predicted molar refractivity (Wildman–Crippen MR) is 80.9 cm³/mol. The minimum atomic E-state index is 0.907. The minimum Gasteiger partial charge on any atom is -0.383 e. The third kappa shape index (κ3) is 3.30. The molecule has 0 amide bonds. The monoisotopic (exact) mass is 374 g/mol. The highest BCUT2D eigenvalue weighted by atomic mass is 79.9. The molecular formula is C12H12Br2N2S. The van der Waals surface area contributed by atoms with Crippen LogP contribution in [0.4, 0.5) is 5.69 Å². The van der Waals surface area contributed by atoms with Crippen molar-refractivity contribution in [3.63, 3.8) is 0 Å². The lowest BCUT2D eigenvalue weighted by Crippen LogP contribution is -2.05. The highest BCUT2D eigenvalue weighted by molar-refractivity contribution is 9.11. The van der Waals surface area contributed by atoms with Gasteiger partial charge in [-0.15, -0.1) is 11.3 Å². The Bertz CT molecular complexity index is 491. The molecule has 0 radical (unpaired) electrons. The predicted octanol–water partition coefficient (Wildman–Crippen LogP) is 4.63. The maximum atomic E-state index is 4.25. The van der Waals surface area contributed by atoms with Gasteiger partial charge in [0.05, 0.1) is 16.9 Å². The molecule has 0 aliphatic rings. The van der Waals surface area contributed by atoms with Crippen LogP contribution >= 0.6 is 43.2 Å². The first-order valence-corrected chi connectivity index (χ1v) is 7.72. The Labute approximate surface area is 122 Å². The van der Waals surface area contributed by atoms with E-state index in [0.29, 0.717) is 0 Å². The molecule has 1 heterocycles. The van der Waals surface area contributed by atoms with E-state index in [-0.39, 0.29) is 0 Å². The van der Waals surface area contributed by atoms with Crippen LogP contribution in [0.3, 0.4) is 0 Å². The Balaban J connectivity index is 1.97. The third-order valence-electron chi connectivity index (χ3n) is 2.46. The van der Waals surface area contributed by atoms with E-state index in [2.05, 4.69) is 49.1 Å². The zero-order chi connectivity index (χ0) is 12.3. The molecule has 2 aromatic rings. The number of hydrogen-bond acceptors (Lipinski definition) is 3. The number of para-hydroxylation sites is 1. The SMILES string of the molecule is Cc1ncsc1CCNc1c(Br)cccc1Br. The van der Waals surface area contributed by atoms with Gasteiger partial charge in [-0.2, -0.15) is 0 Å². The molecule has 0 fully saturated rings. The molecule has 0 aliphatic carbocycles. The quantitative estimate of drug-likeness (QED) is 0.842. The fourth-order valence-electron chi connectivity index (χ4n) is 1.53. The normalized spacial score (nSPS) is 10.5. The number of halogens is 2. The summed E-state index contributed by atoms with van der Waals surface area (Å²) in [5, 5.41) is 3.43. The lowest BCUT2D eigenvalue weighted by molar-refractivity contribution is 1.02. The van der Waals surface area contributed by atoms with Gasteiger partial charge in [0.1, 0.15) is 0 Å². The topological polar surface area (TPSA) is 24.9 Å². The fraction of sp³-hybridized carbons (Fsp3) is 0.250. The molecule has 0 unspecified atom stereocenters. The van der Waals surface area contributed by atoms with Gasteiger partial charge in [0.25, 0.3) is 0 Å². The van der Waals surface area contributed by atoms with Crippen molar-refractivity contribution in [2.45, 2.75) is 13.3 Å². The number of anilines is 1. The summed E-state index contributed by atoms with van der Waals surface area (Å²) in [5.74, 6) is 0. The maximum absolute atomic E-state index is 4.25. The second-order valence-electron chi connectivity index (χ2n) is 3.63. The molecule has 0 bridgehead atoms. The molecular weight excluding hydrogens is 364 g/mol. The average Bonchev–Trinajstić information content (AvgIpc) is 2.69. The number of nitrogens with one attached hydrogen (secondary N) is 1. The van der Waals surface area contributed by atoms with E-state index in [1.807, 2.05) is 23.7 Å². The Hall–Kier alpha value is -0.390. The van der Waals surface area contributed by atoms with Crippen LogP contribution in [0.15, 0.2) is 32.7 Å². The molecule has 1 aromatic carbocycles. The van der Waals surface area contributed by atoms with Crippen molar-refractivity contribution in [1.82, 2.24) is 4.98 Å². The van der Waals surface area contributed by atoms with E-state index in [4.69, 9.17) is 0 Å². The first-order chi connectivity index (χ1) is 8.18. The lowest BCUT2D eigenvalue weighted by atomic mass is 10.3. The van der Waals surface area contributed by atoms with Crippen LogP contribution in [0.5, 0.6) is 0 Å². The van der Waals surface area contributed by atoms with Gasteiger partial charge in [-0.1, -0.05) is 6.07 Å². The Morgan fingerprint density at radius 2 is 2.00 bits per heavy atom. The number of aromatic nitrogens is 1. The summed E-state index contributed by atoms with van der Waals surface area (Å²) < 4.78 is 2.15. The van der Waals surface area contributed by atoms with Crippen molar-refractivity contribution in [2.24, 2.45) is 0 Å². The number of thiazole rings is 1. The second kappa shape index (κ2) is 5.98. The van der Waals surface area contributed by atoms with Crippen LogP contribution in [-0.4, -0.2) is 11.5 Å². The Kier molecular flexibility index (Phi) is 4.59. The first kappa shape index (κ1) is 13.1. The van der Waals surface area contributed by atoms with Crippen LogP contribution in [-0.2, 0) is 6.42 Å². The highest BCUT2D eigenvalue weighted by Gasteiger charge is 2.05. The molecule has 2 nitrogen and oxygen atoms in total. The van der Waals surface area contributed by atoms with Crippen LogP contribution < -0.4 is 5.32 Å². The number of hydrogen-bond donors (Lipinski definition) is 1. The fourth-order valence-corrected chi connectivity index (χ4v) is 3.59. The molecule has 0 spiro atoms. The minimum absolute atomic E-state index is 0.907. The van der Waals surface area contributed by atoms with Crippen molar-refractivity contribution in [3.8, 4) is 0 Å². The zero-order valence-electron chi connectivity index (χ0n) is 9.34. The van der Waals surface area contributed by atoms with Crippen LogP contribution in [0.25, 0.3) is 0 Å². The van der Waals surface area contributed by atoms with E-state index in [9.17, 15) is 0 Å². The molecule has 2 rings (SSSR count). The molecule has 0 aliphatic heterocycles. The smallest absolute Gasteiger partial charge is 0.0797 e. The van der Waals surface area contributed by atoms with E-state index in [1.165, 1.54) is 4.88 Å². The van der Waals surface area contributed by atoms with Gasteiger partial charge in [0.2, 0.25) is 0 Å². The number of rotatable bonds is 4. The van der Waals surface area contributed by atoms with Crippen LogP contribution in [0, 0.1) is 6.92 Å². The second-order valence-corrected chi connectivity index (χ2v) is 6.28. The molecule has 1 N–H and O–H groups in total. The van der Waals surface area contributed by atoms with E-state index < -0.39 is 0 Å². The van der Waals surface area contributed by atoms with Crippen molar-refractivity contribution < 1.29 is 0 Å². The van der Waals surface area contributed by atoms with Gasteiger partial charge in [-0.25, -0.2) is 4.98 Å². The highest BCUT2D eigenvalue weighted by Crippen LogP contribution is 2.30. The number of nitrogens with zero attached hydrogens (tertiary/aromatic N) is 1. The van der Waals surface area contributed by atoms with E-state index in [0.717, 1.165) is 33.3 Å². The first-order valence-electron chi connectivity index (χ1n) is 5.25. The lowest BCUT2D eigenvalue weighted by Gasteiger charge is -2.10. The summed E-state index contributed by atoms with van der Waals surface area (Å²) in [5.41, 5.74) is 4.15. The zero-order valence-corrected chi connectivity index (χ0v) is 13.3. The van der Waals surface area contributed by atoms with Crippen LogP contribution in [0.1, 0.15) is 10.6 Å². The maximum Gasteiger partial charge on any atom is 0.0797 e.